The molecule has 2 aromatic heterocycles. The molecule has 0 amide bonds. The molecule has 2 aromatic rings. The van der Waals surface area contributed by atoms with Gasteiger partial charge in [0.15, 0.2) is 0 Å². The van der Waals surface area contributed by atoms with Crippen LogP contribution < -0.4 is 10.2 Å². The minimum atomic E-state index is 0.605. The van der Waals surface area contributed by atoms with Gasteiger partial charge in [0.2, 0.25) is 0 Å². The number of anilines is 1. The SMILES string of the molecule is Cc1noc2ncnc(N(CC3CCNCC3)C3CC3)c12. The van der Waals surface area contributed by atoms with E-state index in [2.05, 4.69) is 25.3 Å². The van der Waals surface area contributed by atoms with E-state index in [1.165, 1.54) is 25.7 Å². The molecule has 6 heteroatoms. The lowest BCUT2D eigenvalue weighted by molar-refractivity contribution is 0.372. The van der Waals surface area contributed by atoms with E-state index in [1.54, 1.807) is 6.33 Å². The van der Waals surface area contributed by atoms with Crippen molar-refractivity contribution in [1.82, 2.24) is 20.4 Å². The number of rotatable bonds is 4. The summed E-state index contributed by atoms with van der Waals surface area (Å²) in [7, 11) is 0. The Balaban J connectivity index is 1.67. The Kier molecular flexibility index (Phi) is 3.25. The fourth-order valence-electron chi connectivity index (χ4n) is 3.26. The molecule has 2 fully saturated rings. The van der Waals surface area contributed by atoms with E-state index in [0.717, 1.165) is 42.5 Å². The first kappa shape index (κ1) is 13.0. The van der Waals surface area contributed by atoms with Crippen molar-refractivity contribution in [2.75, 3.05) is 24.5 Å². The third-order valence-electron chi connectivity index (χ3n) is 4.60. The summed E-state index contributed by atoms with van der Waals surface area (Å²) in [5.41, 5.74) is 1.49. The Labute approximate surface area is 123 Å². The van der Waals surface area contributed by atoms with Crippen LogP contribution in [-0.4, -0.2) is 40.8 Å². The molecule has 3 heterocycles. The molecule has 1 saturated heterocycles. The number of nitrogens with zero attached hydrogens (tertiary/aromatic N) is 4. The average molecular weight is 287 g/mol. The van der Waals surface area contributed by atoms with E-state index in [9.17, 15) is 0 Å². The molecule has 1 aliphatic carbocycles. The molecule has 0 aromatic carbocycles. The molecule has 6 nitrogen and oxygen atoms in total. The Bertz CT molecular complexity index is 630. The molecule has 0 unspecified atom stereocenters. The normalized spacial score (nSPS) is 20.0. The van der Waals surface area contributed by atoms with Gasteiger partial charge in [0, 0.05) is 12.6 Å². The molecular weight excluding hydrogens is 266 g/mol. The van der Waals surface area contributed by atoms with Crippen molar-refractivity contribution in [3.05, 3.63) is 12.0 Å². The zero-order chi connectivity index (χ0) is 14.2. The summed E-state index contributed by atoms with van der Waals surface area (Å²) in [6, 6.07) is 0.632. The number of aryl methyl sites for hydroxylation is 1. The van der Waals surface area contributed by atoms with Crippen molar-refractivity contribution >= 4 is 16.9 Å². The van der Waals surface area contributed by atoms with Crippen LogP contribution in [0.4, 0.5) is 5.82 Å². The number of piperidine rings is 1. The molecule has 1 saturated carbocycles. The lowest BCUT2D eigenvalue weighted by Gasteiger charge is -2.31. The summed E-state index contributed by atoms with van der Waals surface area (Å²) in [5, 5.41) is 8.47. The standard InChI is InChI=1S/C15H21N5O/c1-10-13-14(17-9-18-15(13)21-19-10)20(12-2-3-12)8-11-4-6-16-7-5-11/h9,11-12,16H,2-8H2,1H3. The smallest absolute Gasteiger partial charge is 0.263 e. The summed E-state index contributed by atoms with van der Waals surface area (Å²) < 4.78 is 5.29. The van der Waals surface area contributed by atoms with Gasteiger partial charge in [-0.2, -0.15) is 4.98 Å². The van der Waals surface area contributed by atoms with Crippen molar-refractivity contribution < 1.29 is 4.52 Å². The summed E-state index contributed by atoms with van der Waals surface area (Å²) in [6.45, 7) is 5.32. The molecule has 0 spiro atoms. The van der Waals surface area contributed by atoms with Crippen LogP contribution in [0.5, 0.6) is 0 Å². The van der Waals surface area contributed by atoms with Crippen molar-refractivity contribution in [1.29, 1.82) is 0 Å². The number of fused-ring (bicyclic) bond motifs is 1. The van der Waals surface area contributed by atoms with Gasteiger partial charge in [-0.05, 0) is 51.6 Å². The summed E-state index contributed by atoms with van der Waals surface area (Å²) in [4.78, 5) is 11.2. The molecule has 0 bridgehead atoms. The van der Waals surface area contributed by atoms with E-state index in [-0.39, 0.29) is 0 Å². The zero-order valence-corrected chi connectivity index (χ0v) is 12.4. The van der Waals surface area contributed by atoms with E-state index in [0.29, 0.717) is 11.8 Å². The van der Waals surface area contributed by atoms with E-state index >= 15 is 0 Å². The average Bonchev–Trinajstić information content (AvgIpc) is 3.29. The minimum absolute atomic E-state index is 0.605. The van der Waals surface area contributed by atoms with Gasteiger partial charge in [-0.15, -0.1) is 0 Å². The third-order valence-corrected chi connectivity index (χ3v) is 4.60. The highest BCUT2D eigenvalue weighted by Crippen LogP contribution is 2.36. The van der Waals surface area contributed by atoms with Gasteiger partial charge < -0.3 is 14.7 Å². The predicted molar refractivity (Wildman–Crippen MR) is 80.3 cm³/mol. The van der Waals surface area contributed by atoms with Gasteiger partial charge in [-0.1, -0.05) is 5.16 Å². The van der Waals surface area contributed by atoms with E-state index < -0.39 is 0 Å². The quantitative estimate of drug-likeness (QED) is 0.926. The number of nitrogens with one attached hydrogen (secondary N) is 1. The zero-order valence-electron chi connectivity index (χ0n) is 12.4. The fourth-order valence-corrected chi connectivity index (χ4v) is 3.26. The largest absolute Gasteiger partial charge is 0.353 e. The molecule has 112 valence electrons. The highest BCUT2D eigenvalue weighted by molar-refractivity contribution is 5.88. The summed E-state index contributed by atoms with van der Waals surface area (Å²) in [6.07, 6.45) is 6.63. The molecule has 1 aliphatic heterocycles. The Morgan fingerprint density at radius 1 is 1.24 bits per heavy atom. The second-order valence-electron chi connectivity index (χ2n) is 6.22. The van der Waals surface area contributed by atoms with Crippen LogP contribution in [-0.2, 0) is 0 Å². The first-order chi connectivity index (χ1) is 10.3. The molecule has 1 N–H and O–H groups in total. The highest BCUT2D eigenvalue weighted by atomic mass is 16.5. The van der Waals surface area contributed by atoms with Crippen LogP contribution in [0.25, 0.3) is 11.1 Å². The molecule has 21 heavy (non-hydrogen) atoms. The summed E-state index contributed by atoms with van der Waals surface area (Å²) >= 11 is 0. The molecule has 2 aliphatic rings. The molecular formula is C15H21N5O. The Morgan fingerprint density at radius 2 is 2.05 bits per heavy atom. The van der Waals surface area contributed by atoms with Gasteiger partial charge in [0.05, 0.1) is 5.69 Å². The number of hydrogen-bond acceptors (Lipinski definition) is 6. The molecule has 4 rings (SSSR count). The van der Waals surface area contributed by atoms with Crippen LogP contribution in [0.15, 0.2) is 10.9 Å². The van der Waals surface area contributed by atoms with E-state index in [4.69, 9.17) is 4.52 Å². The van der Waals surface area contributed by atoms with Crippen molar-refractivity contribution in [2.24, 2.45) is 5.92 Å². The molecule has 0 atom stereocenters. The maximum absolute atomic E-state index is 5.29. The van der Waals surface area contributed by atoms with Crippen molar-refractivity contribution in [3.63, 3.8) is 0 Å². The maximum atomic E-state index is 5.29. The Hall–Kier alpha value is -1.69. The van der Waals surface area contributed by atoms with Crippen molar-refractivity contribution in [3.8, 4) is 0 Å². The van der Waals surface area contributed by atoms with Gasteiger partial charge >= 0.3 is 0 Å². The predicted octanol–water partition coefficient (Wildman–Crippen LogP) is 1.89. The van der Waals surface area contributed by atoms with Crippen molar-refractivity contribution in [2.45, 2.75) is 38.6 Å². The van der Waals surface area contributed by atoms with E-state index in [1.807, 2.05) is 6.92 Å². The third kappa shape index (κ3) is 2.48. The van der Waals surface area contributed by atoms with Crippen LogP contribution in [0.3, 0.4) is 0 Å². The summed E-state index contributed by atoms with van der Waals surface area (Å²) in [5.74, 6) is 1.76. The number of aromatic nitrogens is 3. The maximum Gasteiger partial charge on any atom is 0.263 e. The monoisotopic (exact) mass is 287 g/mol. The molecule has 0 radical (unpaired) electrons. The number of hydrogen-bond donors (Lipinski definition) is 1. The second-order valence-corrected chi connectivity index (χ2v) is 6.22. The fraction of sp³-hybridized carbons (Fsp3) is 0.667. The van der Waals surface area contributed by atoms with Crippen LogP contribution in [0.2, 0.25) is 0 Å². The lowest BCUT2D eigenvalue weighted by atomic mass is 9.97. The Morgan fingerprint density at radius 3 is 2.81 bits per heavy atom. The van der Waals surface area contributed by atoms with Crippen LogP contribution in [0, 0.1) is 12.8 Å². The van der Waals surface area contributed by atoms with Gasteiger partial charge in [0.1, 0.15) is 17.5 Å². The van der Waals surface area contributed by atoms with Gasteiger partial charge in [-0.25, -0.2) is 4.98 Å². The highest BCUT2D eigenvalue weighted by Gasteiger charge is 2.33. The minimum Gasteiger partial charge on any atom is -0.353 e. The van der Waals surface area contributed by atoms with Gasteiger partial charge in [-0.3, -0.25) is 0 Å². The first-order valence-electron chi connectivity index (χ1n) is 7.87. The van der Waals surface area contributed by atoms with Crippen LogP contribution in [0.1, 0.15) is 31.4 Å². The topological polar surface area (TPSA) is 67.1 Å². The second kappa shape index (κ2) is 5.26. The van der Waals surface area contributed by atoms with Crippen LogP contribution >= 0.6 is 0 Å². The van der Waals surface area contributed by atoms with Gasteiger partial charge in [0.25, 0.3) is 5.71 Å². The lowest BCUT2D eigenvalue weighted by Crippen LogP contribution is -2.37. The first-order valence-corrected chi connectivity index (χ1v) is 7.87.